The van der Waals surface area contributed by atoms with Gasteiger partial charge in [-0.15, -0.1) is 0 Å². The van der Waals surface area contributed by atoms with Crippen LogP contribution in [0.25, 0.3) is 0 Å². The van der Waals surface area contributed by atoms with Crippen molar-refractivity contribution in [3.05, 3.63) is 122 Å². The van der Waals surface area contributed by atoms with Crippen LogP contribution in [0, 0.1) is 0 Å². The lowest BCUT2D eigenvalue weighted by atomic mass is 9.98. The highest BCUT2D eigenvalue weighted by Gasteiger charge is 2.47. The smallest absolute Gasteiger partial charge is 0.306 e. The summed E-state index contributed by atoms with van der Waals surface area (Å²) in [4.78, 5) is 13.1. The molecule has 0 radical (unpaired) electrons. The highest BCUT2D eigenvalue weighted by molar-refractivity contribution is 5.69. The van der Waals surface area contributed by atoms with Gasteiger partial charge in [0.2, 0.25) is 0 Å². The summed E-state index contributed by atoms with van der Waals surface area (Å²) in [5.74, 6) is -0.416. The Balaban J connectivity index is 1.74. The molecule has 2 rings (SSSR count). The molecular weight excluding hydrogens is 981 g/mol. The number of aliphatic hydroxyl groups excluding tert-OH is 7. The molecule has 0 aliphatic carbocycles. The highest BCUT2D eigenvalue weighted by Crippen LogP contribution is 2.26. The van der Waals surface area contributed by atoms with Crippen LogP contribution in [0.4, 0.5) is 0 Å². The second-order valence-corrected chi connectivity index (χ2v) is 19.7. The van der Waals surface area contributed by atoms with Gasteiger partial charge in [0, 0.05) is 13.0 Å². The van der Waals surface area contributed by atoms with Gasteiger partial charge in [0.15, 0.2) is 12.6 Å². The molecule has 0 saturated carbocycles. The van der Waals surface area contributed by atoms with E-state index in [1.807, 2.05) is 0 Å². The Labute approximate surface area is 463 Å². The summed E-state index contributed by atoms with van der Waals surface area (Å²) in [5.41, 5.74) is 0. The van der Waals surface area contributed by atoms with Gasteiger partial charge in [-0.05, 0) is 103 Å². The Kier molecular flexibility index (Phi) is 43.6. The van der Waals surface area contributed by atoms with Crippen LogP contribution < -0.4 is 0 Å². The van der Waals surface area contributed by atoms with Gasteiger partial charge in [0.05, 0.1) is 26.4 Å². The number of rotatable bonds is 45. The molecule has 77 heavy (non-hydrogen) atoms. The molecule has 11 atom stereocenters. The summed E-state index contributed by atoms with van der Waals surface area (Å²) in [5, 5.41) is 72.4. The van der Waals surface area contributed by atoms with Crippen molar-refractivity contribution in [3.63, 3.8) is 0 Å². The van der Waals surface area contributed by atoms with Crippen molar-refractivity contribution in [2.24, 2.45) is 0 Å². The lowest BCUT2D eigenvalue weighted by Crippen LogP contribution is -2.61. The molecule has 14 nitrogen and oxygen atoms in total. The molecule has 2 saturated heterocycles. The first-order valence-corrected chi connectivity index (χ1v) is 29.1. The second-order valence-electron chi connectivity index (χ2n) is 19.7. The van der Waals surface area contributed by atoms with Gasteiger partial charge in [-0.3, -0.25) is 4.79 Å². The topological polar surface area (TPSA) is 214 Å². The van der Waals surface area contributed by atoms with Crippen molar-refractivity contribution in [2.45, 2.75) is 235 Å². The summed E-state index contributed by atoms with van der Waals surface area (Å²) < 4.78 is 34.3. The maximum Gasteiger partial charge on any atom is 0.306 e. The van der Waals surface area contributed by atoms with Crippen molar-refractivity contribution >= 4 is 5.97 Å². The fraction of sp³-hybridized carbons (Fsp3) is 0.667. The number of hydrogen-bond donors (Lipinski definition) is 7. The Bertz CT molecular complexity index is 1730. The van der Waals surface area contributed by atoms with Gasteiger partial charge in [-0.25, -0.2) is 0 Å². The van der Waals surface area contributed by atoms with E-state index in [1.165, 1.54) is 32.1 Å². The number of unbranched alkanes of at least 4 members (excludes halogenated alkanes) is 11. The molecule has 0 aromatic heterocycles. The molecule has 2 aliphatic heterocycles. The number of esters is 1. The van der Waals surface area contributed by atoms with Crippen LogP contribution in [0.1, 0.15) is 168 Å². The minimum atomic E-state index is -1.72. The van der Waals surface area contributed by atoms with E-state index in [0.29, 0.717) is 13.0 Å². The monoisotopic (exact) mass is 1080 g/mol. The molecule has 2 fully saturated rings. The van der Waals surface area contributed by atoms with E-state index in [0.717, 1.165) is 109 Å². The third-order valence-electron chi connectivity index (χ3n) is 13.0. The second kappa shape index (κ2) is 48.3. The number of hydrogen-bond acceptors (Lipinski definition) is 14. The third-order valence-corrected chi connectivity index (χ3v) is 13.0. The summed E-state index contributed by atoms with van der Waals surface area (Å²) in [7, 11) is 0. The van der Waals surface area contributed by atoms with Gasteiger partial charge in [-0.2, -0.15) is 0 Å². The predicted octanol–water partition coefficient (Wildman–Crippen LogP) is 10.5. The summed E-state index contributed by atoms with van der Waals surface area (Å²) in [6, 6.07) is 0. The van der Waals surface area contributed by atoms with Crippen LogP contribution in [0.15, 0.2) is 122 Å². The van der Waals surface area contributed by atoms with Crippen LogP contribution in [0.5, 0.6) is 0 Å². The maximum absolute atomic E-state index is 13.1. The summed E-state index contributed by atoms with van der Waals surface area (Å²) in [6.45, 7) is 3.38. The van der Waals surface area contributed by atoms with Crippen molar-refractivity contribution in [1.29, 1.82) is 0 Å². The fourth-order valence-corrected chi connectivity index (χ4v) is 8.34. The van der Waals surface area contributed by atoms with Crippen LogP contribution >= 0.6 is 0 Å². The van der Waals surface area contributed by atoms with E-state index in [4.69, 9.17) is 28.4 Å². The van der Waals surface area contributed by atoms with Crippen LogP contribution in [0.2, 0.25) is 0 Å². The van der Waals surface area contributed by atoms with Crippen LogP contribution in [0.3, 0.4) is 0 Å². The first-order chi connectivity index (χ1) is 37.6. The van der Waals surface area contributed by atoms with Crippen molar-refractivity contribution in [3.8, 4) is 0 Å². The molecule has 0 aromatic carbocycles. The lowest BCUT2D eigenvalue weighted by Gasteiger charge is -2.42. The lowest BCUT2D eigenvalue weighted by molar-refractivity contribution is -0.332. The van der Waals surface area contributed by atoms with Gasteiger partial charge < -0.3 is 64.2 Å². The molecule has 0 amide bonds. The first kappa shape index (κ1) is 69.5. The van der Waals surface area contributed by atoms with E-state index in [2.05, 4.69) is 135 Å². The maximum atomic E-state index is 13.1. The predicted molar refractivity (Wildman–Crippen MR) is 307 cm³/mol. The van der Waals surface area contributed by atoms with Gasteiger partial charge in [-0.1, -0.05) is 180 Å². The number of aliphatic hydroxyl groups is 7. The molecule has 11 unspecified atom stereocenters. The molecule has 2 heterocycles. The van der Waals surface area contributed by atoms with Gasteiger partial charge in [0.25, 0.3) is 0 Å². The molecule has 14 heteroatoms. The SMILES string of the molecule is CC/C=C\C/C=C\C/C=C\C/C=C\C/C=C\C/C=C\C/C=C\CCCCCC(=O)OC(COCCCCCCCCCC/C=C\C/C=C\C/C=C\CC)COC1OC(COC2OC(CO)C(O)C(O)C2O)C(O)C(O)C1O. The average Bonchev–Trinajstić information content (AvgIpc) is 3.43. The van der Waals surface area contributed by atoms with E-state index >= 15 is 0 Å². The normalized spacial score (nSPS) is 25.2. The van der Waals surface area contributed by atoms with E-state index in [-0.39, 0.29) is 19.6 Å². The first-order valence-electron chi connectivity index (χ1n) is 29.1. The number of carbonyl (C=O) groups excluding carboxylic acids is 1. The van der Waals surface area contributed by atoms with E-state index in [9.17, 15) is 40.5 Å². The quantitative estimate of drug-likeness (QED) is 0.0172. The van der Waals surface area contributed by atoms with Gasteiger partial charge >= 0.3 is 5.97 Å². The summed E-state index contributed by atoms with van der Waals surface area (Å²) >= 11 is 0. The minimum Gasteiger partial charge on any atom is -0.457 e. The van der Waals surface area contributed by atoms with E-state index in [1.54, 1.807) is 0 Å². The minimum absolute atomic E-state index is 0.0337. The van der Waals surface area contributed by atoms with Crippen LogP contribution in [-0.2, 0) is 33.2 Å². The van der Waals surface area contributed by atoms with Crippen molar-refractivity contribution in [1.82, 2.24) is 0 Å². The van der Waals surface area contributed by atoms with Gasteiger partial charge in [0.1, 0.15) is 54.9 Å². The Morgan fingerprint density at radius 3 is 1.26 bits per heavy atom. The van der Waals surface area contributed by atoms with E-state index < -0.39 is 86.7 Å². The van der Waals surface area contributed by atoms with Crippen LogP contribution in [-0.4, -0.2) is 142 Å². The fourth-order valence-electron chi connectivity index (χ4n) is 8.34. The molecule has 7 N–H and O–H groups in total. The average molecular weight is 1080 g/mol. The molecule has 0 aromatic rings. The molecular formula is C63H102O14. The Morgan fingerprint density at radius 1 is 0.429 bits per heavy atom. The highest BCUT2D eigenvalue weighted by atomic mass is 16.7. The number of ether oxygens (including phenoxy) is 6. The van der Waals surface area contributed by atoms with Crippen molar-refractivity contribution in [2.75, 3.05) is 33.0 Å². The zero-order valence-corrected chi connectivity index (χ0v) is 46.9. The largest absolute Gasteiger partial charge is 0.457 e. The Hall–Kier alpha value is -3.61. The molecule has 0 spiro atoms. The molecule has 2 aliphatic rings. The number of allylic oxidation sites excluding steroid dienone is 20. The zero-order chi connectivity index (χ0) is 55.8. The molecule has 438 valence electrons. The molecule has 0 bridgehead atoms. The standard InChI is InChI=1S/C63H102O14/c1-3-5-7-9-11-13-15-17-19-21-23-24-25-26-27-28-29-30-32-34-36-38-40-42-44-46-55(65)75-52(49-72-47-45-43-41-39-37-35-33-31-22-20-18-16-14-12-10-8-6-4-2)50-73-62-61(71)59(69)57(67)54(77-62)51-74-63-60(70)58(68)56(66)53(48-64)76-63/h5-8,11-14,17-20,23-24,26-27,29-30,34,36,52-54,56-64,66-71H,3-4,9-10,15-16,21-22,25,28,31-33,35,37-51H2,1-2H3/b7-5-,8-6-,13-11-,14-12-,19-17-,20-18-,24-23-,27-26-,30-29-,36-34-. The summed E-state index contributed by atoms with van der Waals surface area (Å²) in [6.07, 6.45) is 51.1. The number of carbonyl (C=O) groups is 1. The van der Waals surface area contributed by atoms with Crippen molar-refractivity contribution < 1.29 is 69.0 Å². The third kappa shape index (κ3) is 34.9. The zero-order valence-electron chi connectivity index (χ0n) is 46.9. The Morgan fingerprint density at radius 2 is 0.805 bits per heavy atom.